The molecule has 1 saturated heterocycles. The van der Waals surface area contributed by atoms with Crippen LogP contribution in [0.4, 0.5) is 5.13 Å². The Morgan fingerprint density at radius 1 is 1.16 bits per heavy atom. The molecule has 0 aromatic carbocycles. The normalized spacial score (nSPS) is 18.0. The summed E-state index contributed by atoms with van der Waals surface area (Å²) in [7, 11) is 0. The van der Waals surface area contributed by atoms with Gasteiger partial charge >= 0.3 is 0 Å². The number of hydrogen-bond acceptors (Lipinski definition) is 6. The maximum atomic E-state index is 6.19. The molecule has 0 unspecified atom stereocenters. The first-order valence-corrected chi connectivity index (χ1v) is 9.29. The molecule has 0 radical (unpaired) electrons. The molecule has 2 aromatic rings. The van der Waals surface area contributed by atoms with Crippen LogP contribution >= 0.6 is 35.3 Å². The second-order valence-electron chi connectivity index (χ2n) is 6.10. The molecular weight excluding hydrogens is 451 g/mol. The number of aromatic nitrogens is 4. The number of thiazole rings is 1. The van der Waals surface area contributed by atoms with Crippen LogP contribution in [-0.2, 0) is 19.5 Å². The zero-order valence-electron chi connectivity index (χ0n) is 14.0. The number of nitrogens with zero attached hydrogens (tertiary/aromatic N) is 7. The minimum atomic E-state index is 0. The first-order chi connectivity index (χ1) is 11.8. The number of aliphatic imine (C=N–C) groups is 1. The molecular formula is C15H23IN8S. The van der Waals surface area contributed by atoms with E-state index in [2.05, 4.69) is 34.5 Å². The number of aryl methyl sites for hydroxylation is 1. The van der Waals surface area contributed by atoms with E-state index in [0.717, 1.165) is 55.9 Å². The van der Waals surface area contributed by atoms with Crippen LogP contribution in [0.25, 0.3) is 0 Å². The standard InChI is InChI=1S/C15H22N8S.HI/c16-14(18-11-13-20-19-12-3-1-2-5-23(12)13)21-6-8-22(9-7-21)15-17-4-10-24-15;/h4,10H,1-3,5-9,11H2,(H2,16,18);1H. The first kappa shape index (κ1) is 18.4. The van der Waals surface area contributed by atoms with E-state index in [9.17, 15) is 0 Å². The van der Waals surface area contributed by atoms with Gasteiger partial charge in [0.05, 0.1) is 0 Å². The van der Waals surface area contributed by atoms with Gasteiger partial charge in [0.25, 0.3) is 0 Å². The van der Waals surface area contributed by atoms with Gasteiger partial charge in [-0.1, -0.05) is 0 Å². The summed E-state index contributed by atoms with van der Waals surface area (Å²) in [6.45, 7) is 5.08. The highest BCUT2D eigenvalue weighted by Gasteiger charge is 2.20. The van der Waals surface area contributed by atoms with E-state index in [4.69, 9.17) is 5.73 Å². The monoisotopic (exact) mass is 474 g/mol. The molecule has 0 spiro atoms. The van der Waals surface area contributed by atoms with Gasteiger partial charge in [-0.05, 0) is 12.8 Å². The SMILES string of the molecule is I.NC(=NCc1nnc2n1CCCC2)N1CCN(c2nccs2)CC1. The Bertz CT molecular complexity index is 705. The summed E-state index contributed by atoms with van der Waals surface area (Å²) < 4.78 is 2.20. The minimum Gasteiger partial charge on any atom is -0.370 e. The van der Waals surface area contributed by atoms with Crippen LogP contribution in [0.5, 0.6) is 0 Å². The number of fused-ring (bicyclic) bond motifs is 1. The zero-order chi connectivity index (χ0) is 16.4. The number of nitrogens with two attached hydrogens (primary N) is 1. The van der Waals surface area contributed by atoms with Crippen molar-refractivity contribution in [2.45, 2.75) is 32.4 Å². The molecule has 4 heterocycles. The largest absolute Gasteiger partial charge is 0.370 e. The fourth-order valence-electron chi connectivity index (χ4n) is 3.24. The number of halogens is 1. The van der Waals surface area contributed by atoms with E-state index in [0.29, 0.717) is 12.5 Å². The molecule has 10 heteroatoms. The smallest absolute Gasteiger partial charge is 0.191 e. The third-order valence-corrected chi connectivity index (χ3v) is 5.44. The zero-order valence-corrected chi connectivity index (χ0v) is 17.2. The molecule has 4 rings (SSSR count). The van der Waals surface area contributed by atoms with Crippen LogP contribution in [0.2, 0.25) is 0 Å². The van der Waals surface area contributed by atoms with Crippen molar-refractivity contribution >= 4 is 46.4 Å². The van der Waals surface area contributed by atoms with Crippen molar-refractivity contribution < 1.29 is 0 Å². The molecule has 1 fully saturated rings. The summed E-state index contributed by atoms with van der Waals surface area (Å²) in [6, 6.07) is 0. The fourth-order valence-corrected chi connectivity index (χ4v) is 3.93. The average Bonchev–Trinajstić information content (AvgIpc) is 3.30. The highest BCUT2D eigenvalue weighted by atomic mass is 127. The Labute approximate surface area is 168 Å². The Kier molecular flexibility index (Phi) is 6.10. The van der Waals surface area contributed by atoms with Gasteiger partial charge in [-0.2, -0.15) is 0 Å². The van der Waals surface area contributed by atoms with Gasteiger partial charge in [0.15, 0.2) is 16.9 Å². The highest BCUT2D eigenvalue weighted by molar-refractivity contribution is 14.0. The van der Waals surface area contributed by atoms with Crippen LogP contribution in [0.1, 0.15) is 24.5 Å². The summed E-state index contributed by atoms with van der Waals surface area (Å²) >= 11 is 1.68. The highest BCUT2D eigenvalue weighted by Crippen LogP contribution is 2.19. The molecule has 2 aliphatic rings. The second kappa shape index (κ2) is 8.30. The number of piperazine rings is 1. The van der Waals surface area contributed by atoms with E-state index in [-0.39, 0.29) is 24.0 Å². The van der Waals surface area contributed by atoms with E-state index in [1.165, 1.54) is 12.8 Å². The van der Waals surface area contributed by atoms with Gasteiger partial charge in [0.1, 0.15) is 12.4 Å². The van der Waals surface area contributed by atoms with Gasteiger partial charge in [-0.25, -0.2) is 9.98 Å². The van der Waals surface area contributed by atoms with Crippen LogP contribution < -0.4 is 10.6 Å². The van der Waals surface area contributed by atoms with E-state index in [1.807, 2.05) is 11.6 Å². The van der Waals surface area contributed by atoms with Crippen molar-refractivity contribution in [3.05, 3.63) is 23.2 Å². The van der Waals surface area contributed by atoms with E-state index >= 15 is 0 Å². The molecule has 0 bridgehead atoms. The molecule has 136 valence electrons. The summed E-state index contributed by atoms with van der Waals surface area (Å²) in [5.41, 5.74) is 6.19. The van der Waals surface area contributed by atoms with Gasteiger partial charge in [-0.15, -0.1) is 45.5 Å². The topological polar surface area (TPSA) is 88.5 Å². The van der Waals surface area contributed by atoms with Crippen LogP contribution in [0, 0.1) is 0 Å². The molecule has 8 nitrogen and oxygen atoms in total. The van der Waals surface area contributed by atoms with E-state index in [1.54, 1.807) is 11.3 Å². The second-order valence-corrected chi connectivity index (χ2v) is 6.98. The molecule has 0 atom stereocenters. The van der Waals surface area contributed by atoms with Gasteiger partial charge in [0, 0.05) is 50.7 Å². The molecule has 2 aromatic heterocycles. The molecule has 25 heavy (non-hydrogen) atoms. The maximum Gasteiger partial charge on any atom is 0.191 e. The third-order valence-electron chi connectivity index (χ3n) is 4.61. The van der Waals surface area contributed by atoms with Gasteiger partial charge in [0.2, 0.25) is 0 Å². The van der Waals surface area contributed by atoms with Crippen molar-refractivity contribution in [2.75, 3.05) is 31.1 Å². The molecule has 0 aliphatic carbocycles. The lowest BCUT2D eigenvalue weighted by atomic mass is 10.2. The molecule has 2 N–H and O–H groups in total. The van der Waals surface area contributed by atoms with Crippen LogP contribution in [0.3, 0.4) is 0 Å². The Hall–Kier alpha value is -1.43. The summed E-state index contributed by atoms with van der Waals surface area (Å²) in [5.74, 6) is 2.61. The minimum absolute atomic E-state index is 0. The predicted octanol–water partition coefficient (Wildman–Crippen LogP) is 1.33. The fraction of sp³-hybridized carbons (Fsp3) is 0.600. The van der Waals surface area contributed by atoms with Crippen molar-refractivity contribution in [3.8, 4) is 0 Å². The quantitative estimate of drug-likeness (QED) is 0.410. The van der Waals surface area contributed by atoms with Crippen molar-refractivity contribution in [2.24, 2.45) is 10.7 Å². The third kappa shape index (κ3) is 4.05. The first-order valence-electron chi connectivity index (χ1n) is 8.41. The number of hydrogen-bond donors (Lipinski definition) is 1. The van der Waals surface area contributed by atoms with Gasteiger partial charge < -0.3 is 20.1 Å². The lowest BCUT2D eigenvalue weighted by Crippen LogP contribution is -2.51. The summed E-state index contributed by atoms with van der Waals surface area (Å²) in [6.07, 6.45) is 5.26. The molecule has 2 aliphatic heterocycles. The average molecular weight is 474 g/mol. The van der Waals surface area contributed by atoms with Crippen molar-refractivity contribution in [3.63, 3.8) is 0 Å². The predicted molar refractivity (Wildman–Crippen MR) is 110 cm³/mol. The van der Waals surface area contributed by atoms with Crippen molar-refractivity contribution in [1.29, 1.82) is 0 Å². The van der Waals surface area contributed by atoms with Crippen molar-refractivity contribution in [1.82, 2.24) is 24.6 Å². The van der Waals surface area contributed by atoms with E-state index < -0.39 is 0 Å². The summed E-state index contributed by atoms with van der Waals surface area (Å²) in [4.78, 5) is 13.4. The lowest BCUT2D eigenvalue weighted by Gasteiger charge is -2.35. The number of guanidine groups is 1. The molecule has 0 amide bonds. The number of rotatable bonds is 3. The van der Waals surface area contributed by atoms with Crippen LogP contribution in [0.15, 0.2) is 16.6 Å². The van der Waals surface area contributed by atoms with Crippen LogP contribution in [-0.4, -0.2) is 56.8 Å². The van der Waals surface area contributed by atoms with Gasteiger partial charge in [-0.3, -0.25) is 0 Å². The molecule has 0 saturated carbocycles. The number of anilines is 1. The Morgan fingerprint density at radius 3 is 2.76 bits per heavy atom. The maximum absolute atomic E-state index is 6.19. The summed E-state index contributed by atoms with van der Waals surface area (Å²) in [5, 5.41) is 11.6. The lowest BCUT2D eigenvalue weighted by molar-refractivity contribution is 0.380. The Morgan fingerprint density at radius 2 is 2.00 bits per heavy atom. The Balaban J connectivity index is 0.00000182.